The predicted octanol–water partition coefficient (Wildman–Crippen LogP) is 5.89. The molecule has 0 spiro atoms. The van der Waals surface area contributed by atoms with Gasteiger partial charge >= 0.3 is 5.97 Å². The molecule has 1 heterocycles. The van der Waals surface area contributed by atoms with E-state index >= 15 is 0 Å². The number of carbonyl (C=O) groups is 1. The molecule has 1 aromatic heterocycles. The number of ether oxygens (including phenoxy) is 2. The van der Waals surface area contributed by atoms with Crippen molar-refractivity contribution >= 4 is 11.8 Å². The van der Waals surface area contributed by atoms with Crippen molar-refractivity contribution in [3.05, 3.63) is 65.5 Å². The third-order valence-corrected chi connectivity index (χ3v) is 5.50. The summed E-state index contributed by atoms with van der Waals surface area (Å²) in [5.74, 6) is 2.18. The largest absolute Gasteiger partial charge is 0.497 e. The smallest absolute Gasteiger partial charge is 0.311 e. The lowest BCUT2D eigenvalue weighted by Crippen LogP contribution is -2.25. The molecule has 0 amide bonds. The molecular weight excluding hydrogens is 414 g/mol. The molecule has 3 aromatic rings. The number of hydrogen-bond donors (Lipinski definition) is 0. The summed E-state index contributed by atoms with van der Waals surface area (Å²) < 4.78 is 10.8. The topological polar surface area (TPSA) is 64.5 Å². The van der Waals surface area contributed by atoms with Gasteiger partial charge in [-0.1, -0.05) is 26.0 Å². The number of aromatic nitrogens is 2. The van der Waals surface area contributed by atoms with E-state index in [-0.39, 0.29) is 5.97 Å². The third-order valence-electron chi connectivity index (χ3n) is 5.50. The molecule has 2 aromatic carbocycles. The van der Waals surface area contributed by atoms with E-state index in [0.29, 0.717) is 18.7 Å². The standard InChI is InChI=1S/C27H33N3O3/c1-6-8-25(31)33-24-14-9-21(16-19(24)3)17-30(15-7-2)27-20(4)26(28-18-29-27)22-10-12-23(32-5)13-11-22/h9-14,16,18H,6-8,15,17H2,1-5H3. The van der Waals surface area contributed by atoms with Crippen molar-refractivity contribution < 1.29 is 14.3 Å². The van der Waals surface area contributed by atoms with Crippen LogP contribution in [0.4, 0.5) is 5.82 Å². The molecule has 0 bridgehead atoms. The van der Waals surface area contributed by atoms with Gasteiger partial charge in [-0.25, -0.2) is 9.97 Å². The Kier molecular flexibility index (Phi) is 8.41. The van der Waals surface area contributed by atoms with Crippen LogP contribution in [0, 0.1) is 13.8 Å². The van der Waals surface area contributed by atoms with Crippen LogP contribution in [0.2, 0.25) is 0 Å². The van der Waals surface area contributed by atoms with E-state index in [1.807, 2.05) is 50.2 Å². The number of benzene rings is 2. The van der Waals surface area contributed by atoms with E-state index < -0.39 is 0 Å². The Balaban J connectivity index is 1.86. The van der Waals surface area contributed by atoms with Crippen LogP contribution < -0.4 is 14.4 Å². The number of methoxy groups -OCH3 is 1. The van der Waals surface area contributed by atoms with Crippen molar-refractivity contribution in [2.75, 3.05) is 18.6 Å². The lowest BCUT2D eigenvalue weighted by Gasteiger charge is -2.26. The van der Waals surface area contributed by atoms with Crippen molar-refractivity contribution in [2.45, 2.75) is 53.5 Å². The molecule has 0 fully saturated rings. The van der Waals surface area contributed by atoms with Crippen LogP contribution >= 0.6 is 0 Å². The molecular formula is C27H33N3O3. The van der Waals surface area contributed by atoms with Crippen LogP contribution in [0.25, 0.3) is 11.3 Å². The fraction of sp³-hybridized carbons (Fsp3) is 0.370. The minimum Gasteiger partial charge on any atom is -0.497 e. The Labute approximate surface area is 196 Å². The highest BCUT2D eigenvalue weighted by molar-refractivity contribution is 5.72. The zero-order chi connectivity index (χ0) is 23.8. The summed E-state index contributed by atoms with van der Waals surface area (Å²) in [4.78, 5) is 23.3. The molecule has 6 nitrogen and oxygen atoms in total. The summed E-state index contributed by atoms with van der Waals surface area (Å²) in [6.07, 6.45) is 3.83. The minimum atomic E-state index is -0.191. The number of rotatable bonds is 10. The maximum Gasteiger partial charge on any atom is 0.311 e. The van der Waals surface area contributed by atoms with E-state index in [1.165, 1.54) is 0 Å². The van der Waals surface area contributed by atoms with Crippen molar-refractivity contribution in [2.24, 2.45) is 0 Å². The fourth-order valence-electron chi connectivity index (χ4n) is 3.85. The molecule has 0 unspecified atom stereocenters. The van der Waals surface area contributed by atoms with E-state index in [9.17, 15) is 4.79 Å². The Bertz CT molecular complexity index is 1080. The summed E-state index contributed by atoms with van der Waals surface area (Å²) in [6, 6.07) is 13.9. The number of anilines is 1. The van der Waals surface area contributed by atoms with E-state index in [1.54, 1.807) is 13.4 Å². The van der Waals surface area contributed by atoms with E-state index in [2.05, 4.69) is 34.8 Å². The summed E-state index contributed by atoms with van der Waals surface area (Å²) in [7, 11) is 1.66. The quantitative estimate of drug-likeness (QED) is 0.285. The van der Waals surface area contributed by atoms with Crippen LogP contribution in [-0.2, 0) is 11.3 Å². The number of nitrogens with zero attached hydrogens (tertiary/aromatic N) is 3. The molecule has 174 valence electrons. The second kappa shape index (κ2) is 11.5. The molecule has 0 atom stereocenters. The zero-order valence-corrected chi connectivity index (χ0v) is 20.2. The van der Waals surface area contributed by atoms with E-state index in [0.717, 1.165) is 58.9 Å². The molecule has 6 heteroatoms. The Morgan fingerprint density at radius 3 is 2.39 bits per heavy atom. The summed E-state index contributed by atoms with van der Waals surface area (Å²) in [5, 5.41) is 0. The van der Waals surface area contributed by atoms with Gasteiger partial charge in [0.2, 0.25) is 0 Å². The molecule has 0 saturated heterocycles. The first-order valence-electron chi connectivity index (χ1n) is 11.5. The zero-order valence-electron chi connectivity index (χ0n) is 20.2. The highest BCUT2D eigenvalue weighted by Crippen LogP contribution is 2.30. The average molecular weight is 448 g/mol. The molecule has 0 N–H and O–H groups in total. The summed E-state index contributed by atoms with van der Waals surface area (Å²) in [6.45, 7) is 9.74. The van der Waals surface area contributed by atoms with Crippen LogP contribution in [0.3, 0.4) is 0 Å². The third kappa shape index (κ3) is 6.09. The Morgan fingerprint density at radius 2 is 1.76 bits per heavy atom. The van der Waals surface area contributed by atoms with Crippen molar-refractivity contribution in [1.29, 1.82) is 0 Å². The number of aryl methyl sites for hydroxylation is 1. The van der Waals surface area contributed by atoms with Gasteiger partial charge in [-0.15, -0.1) is 0 Å². The van der Waals surface area contributed by atoms with Crippen LogP contribution in [0.15, 0.2) is 48.8 Å². The van der Waals surface area contributed by atoms with Crippen molar-refractivity contribution in [3.63, 3.8) is 0 Å². The lowest BCUT2D eigenvalue weighted by atomic mass is 10.1. The lowest BCUT2D eigenvalue weighted by molar-refractivity contribution is -0.134. The summed E-state index contributed by atoms with van der Waals surface area (Å²) >= 11 is 0. The Morgan fingerprint density at radius 1 is 1.00 bits per heavy atom. The number of esters is 1. The van der Waals surface area contributed by atoms with Gasteiger partial charge in [0.1, 0.15) is 23.6 Å². The maximum atomic E-state index is 11.9. The van der Waals surface area contributed by atoms with Crippen LogP contribution in [0.1, 0.15) is 49.8 Å². The van der Waals surface area contributed by atoms with Crippen molar-refractivity contribution in [3.8, 4) is 22.8 Å². The molecule has 0 aliphatic rings. The Hall–Kier alpha value is -3.41. The SMILES string of the molecule is CCCC(=O)Oc1ccc(CN(CCC)c2ncnc(-c3ccc(OC)cc3)c2C)cc1C. The monoisotopic (exact) mass is 447 g/mol. The van der Waals surface area contributed by atoms with Gasteiger partial charge < -0.3 is 14.4 Å². The molecule has 33 heavy (non-hydrogen) atoms. The van der Waals surface area contributed by atoms with Crippen molar-refractivity contribution in [1.82, 2.24) is 9.97 Å². The first-order chi connectivity index (χ1) is 16.0. The highest BCUT2D eigenvalue weighted by atomic mass is 16.5. The normalized spacial score (nSPS) is 10.7. The molecule has 0 radical (unpaired) electrons. The maximum absolute atomic E-state index is 11.9. The predicted molar refractivity (Wildman–Crippen MR) is 132 cm³/mol. The molecule has 3 rings (SSSR count). The first-order valence-corrected chi connectivity index (χ1v) is 11.5. The first kappa shape index (κ1) is 24.2. The van der Waals surface area contributed by atoms with Gasteiger partial charge in [-0.05, 0) is 68.1 Å². The highest BCUT2D eigenvalue weighted by Gasteiger charge is 2.16. The van der Waals surface area contributed by atoms with Gasteiger partial charge in [-0.2, -0.15) is 0 Å². The molecule has 0 aliphatic heterocycles. The number of hydrogen-bond acceptors (Lipinski definition) is 6. The summed E-state index contributed by atoms with van der Waals surface area (Å²) in [5.41, 5.74) is 5.07. The second-order valence-electron chi connectivity index (χ2n) is 8.14. The number of carbonyl (C=O) groups excluding carboxylic acids is 1. The van der Waals surface area contributed by atoms with Gasteiger partial charge in [0.15, 0.2) is 0 Å². The fourth-order valence-corrected chi connectivity index (χ4v) is 3.85. The van der Waals surface area contributed by atoms with Crippen LogP contribution in [0.5, 0.6) is 11.5 Å². The molecule has 0 saturated carbocycles. The van der Waals surface area contributed by atoms with Gasteiger partial charge in [0.25, 0.3) is 0 Å². The average Bonchev–Trinajstić information content (AvgIpc) is 2.81. The van der Waals surface area contributed by atoms with Gasteiger partial charge in [0.05, 0.1) is 12.8 Å². The van der Waals surface area contributed by atoms with Gasteiger partial charge in [-0.3, -0.25) is 4.79 Å². The molecule has 0 aliphatic carbocycles. The minimum absolute atomic E-state index is 0.191. The van der Waals surface area contributed by atoms with Gasteiger partial charge in [0, 0.05) is 30.6 Å². The van der Waals surface area contributed by atoms with E-state index in [4.69, 9.17) is 9.47 Å². The van der Waals surface area contributed by atoms with Crippen LogP contribution in [-0.4, -0.2) is 29.6 Å². The second-order valence-corrected chi connectivity index (χ2v) is 8.14.